The lowest BCUT2D eigenvalue weighted by molar-refractivity contribution is -0.903. The van der Waals surface area contributed by atoms with Gasteiger partial charge in [-0.3, -0.25) is 4.79 Å². The van der Waals surface area contributed by atoms with Crippen LogP contribution in [-0.2, 0) is 22.5 Å². The van der Waals surface area contributed by atoms with Gasteiger partial charge in [-0.05, 0) is 37.5 Å². The van der Waals surface area contributed by atoms with Crippen molar-refractivity contribution >= 4 is 5.97 Å². The number of quaternary nitrogens is 1. The molecule has 0 amide bonds. The third kappa shape index (κ3) is 16.7. The topological polar surface area (TPSA) is 35.5 Å². The highest BCUT2D eigenvalue weighted by molar-refractivity contribution is 5.69. The third-order valence-electron chi connectivity index (χ3n) is 7.74. The highest BCUT2D eigenvalue weighted by atomic mass is 16.5. The second kappa shape index (κ2) is 20.5. The first-order valence-corrected chi connectivity index (χ1v) is 16.1. The Morgan fingerprint density at radius 1 is 0.750 bits per heavy atom. The average Bonchev–Trinajstić information content (AvgIpc) is 2.94. The van der Waals surface area contributed by atoms with Gasteiger partial charge in [-0.1, -0.05) is 120 Å². The summed E-state index contributed by atoms with van der Waals surface area (Å²) < 4.78 is 12.3. The lowest BCUT2D eigenvalue weighted by Gasteiger charge is -2.29. The van der Waals surface area contributed by atoms with Crippen molar-refractivity contribution in [3.63, 3.8) is 0 Å². The van der Waals surface area contributed by atoms with E-state index < -0.39 is 0 Å². The smallest absolute Gasteiger partial charge is 0.311 e. The first-order chi connectivity index (χ1) is 19.4. The summed E-state index contributed by atoms with van der Waals surface area (Å²) in [6.45, 7) is 6.37. The Labute approximate surface area is 246 Å². The number of unbranched alkanes of at least 4 members (excludes halogenated alkanes) is 11. The summed E-state index contributed by atoms with van der Waals surface area (Å²) in [5.74, 6) is 0.755. The van der Waals surface area contributed by atoms with Crippen molar-refractivity contribution in [2.45, 2.75) is 123 Å². The van der Waals surface area contributed by atoms with Crippen LogP contribution < -0.4 is 4.74 Å². The molecule has 0 aliphatic carbocycles. The molecule has 2 aromatic carbocycles. The molecule has 0 bridgehead atoms. The number of hydrogen-bond acceptors (Lipinski definition) is 3. The van der Waals surface area contributed by atoms with Gasteiger partial charge in [0.2, 0.25) is 0 Å². The van der Waals surface area contributed by atoms with Crippen molar-refractivity contribution in [3.05, 3.63) is 65.7 Å². The zero-order valence-corrected chi connectivity index (χ0v) is 26.2. The maximum atomic E-state index is 12.3. The number of hydrogen-bond donors (Lipinski definition) is 0. The quantitative estimate of drug-likeness (QED) is 0.0783. The van der Waals surface area contributed by atoms with E-state index in [0.717, 1.165) is 29.7 Å². The Hall–Kier alpha value is -2.33. The number of nitrogens with zero attached hydrogens (tertiary/aromatic N) is 1. The number of rotatable bonds is 23. The van der Waals surface area contributed by atoms with Crippen LogP contribution >= 0.6 is 0 Å². The van der Waals surface area contributed by atoms with Crippen LogP contribution in [0.15, 0.2) is 54.6 Å². The van der Waals surface area contributed by atoms with Gasteiger partial charge in [0.25, 0.3) is 0 Å². The fourth-order valence-corrected chi connectivity index (χ4v) is 5.16. The molecule has 0 N–H and O–H groups in total. The van der Waals surface area contributed by atoms with Crippen LogP contribution in [-0.4, -0.2) is 43.8 Å². The van der Waals surface area contributed by atoms with E-state index in [1.54, 1.807) is 0 Å². The monoisotopic (exact) mass is 552 g/mol. The fraction of sp³-hybridized carbons (Fsp3) is 0.639. The fourth-order valence-electron chi connectivity index (χ4n) is 5.16. The van der Waals surface area contributed by atoms with Crippen LogP contribution in [0.2, 0.25) is 0 Å². The van der Waals surface area contributed by atoms with Crippen molar-refractivity contribution in [2.24, 2.45) is 0 Å². The maximum Gasteiger partial charge on any atom is 0.311 e. The minimum absolute atomic E-state index is 0.000272. The first kappa shape index (κ1) is 33.9. The lowest BCUT2D eigenvalue weighted by Crippen LogP contribution is -2.40. The molecule has 224 valence electrons. The van der Waals surface area contributed by atoms with Crippen molar-refractivity contribution in [1.82, 2.24) is 0 Å². The molecule has 1 unspecified atom stereocenters. The summed E-state index contributed by atoms with van der Waals surface area (Å²) in [4.78, 5) is 12.3. The summed E-state index contributed by atoms with van der Waals surface area (Å²) in [6, 6.07) is 18.9. The molecule has 0 aliphatic rings. The SMILES string of the molecule is CCCCCCCCCCCCCCc1ccc(OC(C)CCOC(=O)CC[N+](C)(C)Cc2ccccc2)cc1. The molecule has 0 fully saturated rings. The van der Waals surface area contributed by atoms with Gasteiger partial charge in [-0.25, -0.2) is 0 Å². The highest BCUT2D eigenvalue weighted by Crippen LogP contribution is 2.18. The number of carbonyl (C=O) groups excluding carboxylic acids is 1. The Kier molecular flexibility index (Phi) is 17.4. The summed E-state index contributed by atoms with van der Waals surface area (Å²) in [7, 11) is 4.31. The van der Waals surface area contributed by atoms with Crippen LogP contribution in [0.1, 0.15) is 115 Å². The summed E-state index contributed by atoms with van der Waals surface area (Å²) in [6.07, 6.45) is 18.9. The predicted octanol–water partition coefficient (Wildman–Crippen LogP) is 9.30. The molecule has 0 aromatic heterocycles. The number of aryl methyl sites for hydroxylation is 1. The minimum atomic E-state index is -0.131. The maximum absolute atomic E-state index is 12.3. The average molecular weight is 553 g/mol. The molecular formula is C36H58NO3+. The Bertz CT molecular complexity index is 894. The van der Waals surface area contributed by atoms with Crippen LogP contribution in [0, 0.1) is 0 Å². The molecule has 40 heavy (non-hydrogen) atoms. The molecule has 0 saturated heterocycles. The van der Waals surface area contributed by atoms with Crippen molar-refractivity contribution in [1.29, 1.82) is 0 Å². The van der Waals surface area contributed by atoms with Gasteiger partial charge in [-0.2, -0.15) is 0 Å². The van der Waals surface area contributed by atoms with Gasteiger partial charge >= 0.3 is 5.97 Å². The van der Waals surface area contributed by atoms with Gasteiger partial charge < -0.3 is 14.0 Å². The molecule has 2 aromatic rings. The van der Waals surface area contributed by atoms with E-state index in [1.165, 1.54) is 88.2 Å². The number of benzene rings is 2. The molecule has 2 rings (SSSR count). The van der Waals surface area contributed by atoms with E-state index >= 15 is 0 Å². The molecule has 0 aliphatic heterocycles. The van der Waals surface area contributed by atoms with E-state index in [2.05, 4.69) is 69.6 Å². The van der Waals surface area contributed by atoms with Crippen LogP contribution in [0.25, 0.3) is 0 Å². The van der Waals surface area contributed by atoms with Crippen LogP contribution in [0.3, 0.4) is 0 Å². The Balaban J connectivity index is 1.49. The minimum Gasteiger partial charge on any atom is -0.491 e. The molecule has 1 atom stereocenters. The van der Waals surface area contributed by atoms with Crippen LogP contribution in [0.4, 0.5) is 0 Å². The van der Waals surface area contributed by atoms with Gasteiger partial charge in [0, 0.05) is 12.0 Å². The van der Waals surface area contributed by atoms with Gasteiger partial charge in [0.15, 0.2) is 0 Å². The zero-order valence-electron chi connectivity index (χ0n) is 26.2. The van der Waals surface area contributed by atoms with E-state index in [9.17, 15) is 4.79 Å². The molecule has 4 nitrogen and oxygen atoms in total. The van der Waals surface area contributed by atoms with Gasteiger partial charge in [0.1, 0.15) is 12.3 Å². The van der Waals surface area contributed by atoms with Crippen molar-refractivity contribution < 1.29 is 18.8 Å². The number of ether oxygens (including phenoxy) is 2. The lowest BCUT2D eigenvalue weighted by atomic mass is 10.0. The second-order valence-corrected chi connectivity index (χ2v) is 12.3. The van der Waals surface area contributed by atoms with Gasteiger partial charge in [0.05, 0.1) is 39.8 Å². The van der Waals surface area contributed by atoms with E-state index in [1.807, 2.05) is 13.0 Å². The van der Waals surface area contributed by atoms with Gasteiger partial charge in [-0.15, -0.1) is 0 Å². The second-order valence-electron chi connectivity index (χ2n) is 12.3. The molecule has 0 radical (unpaired) electrons. The Morgan fingerprint density at radius 3 is 1.93 bits per heavy atom. The first-order valence-electron chi connectivity index (χ1n) is 16.1. The van der Waals surface area contributed by atoms with E-state index in [0.29, 0.717) is 19.4 Å². The summed E-state index contributed by atoms with van der Waals surface area (Å²) in [5.41, 5.74) is 2.67. The normalized spacial score (nSPS) is 12.3. The largest absolute Gasteiger partial charge is 0.491 e. The highest BCUT2D eigenvalue weighted by Gasteiger charge is 2.18. The number of carbonyl (C=O) groups is 1. The van der Waals surface area contributed by atoms with E-state index in [4.69, 9.17) is 9.47 Å². The van der Waals surface area contributed by atoms with Crippen LogP contribution in [0.5, 0.6) is 5.75 Å². The van der Waals surface area contributed by atoms with E-state index in [-0.39, 0.29) is 12.1 Å². The molecule has 0 saturated carbocycles. The molecule has 0 spiro atoms. The number of esters is 1. The zero-order chi connectivity index (χ0) is 28.9. The predicted molar refractivity (Wildman–Crippen MR) is 169 cm³/mol. The van der Waals surface area contributed by atoms with Crippen molar-refractivity contribution in [2.75, 3.05) is 27.2 Å². The van der Waals surface area contributed by atoms with Crippen molar-refractivity contribution in [3.8, 4) is 5.75 Å². The standard InChI is InChI=1S/C36H58NO3/c1-5-6-7-8-9-10-11-12-13-14-15-17-20-33-23-25-35(26-24-33)40-32(2)28-30-39-36(38)27-29-37(3,4)31-34-21-18-16-19-22-34/h16,18-19,21-26,32H,5-15,17,20,27-31H2,1-4H3/q+1. The summed E-state index contributed by atoms with van der Waals surface area (Å²) >= 11 is 0. The summed E-state index contributed by atoms with van der Waals surface area (Å²) in [5, 5.41) is 0. The third-order valence-corrected chi connectivity index (χ3v) is 7.74. The molecule has 4 heteroatoms. The molecule has 0 heterocycles. The Morgan fingerprint density at radius 2 is 1.32 bits per heavy atom. The molecular weight excluding hydrogens is 494 g/mol.